The van der Waals surface area contributed by atoms with Gasteiger partial charge in [0, 0.05) is 0 Å². The van der Waals surface area contributed by atoms with Crippen LogP contribution in [0.2, 0.25) is 6.82 Å². The summed E-state index contributed by atoms with van der Waals surface area (Å²) in [5.74, 6) is 0. The van der Waals surface area contributed by atoms with Crippen molar-refractivity contribution >= 4 is 12.3 Å². The van der Waals surface area contributed by atoms with Crippen molar-refractivity contribution in [1.29, 1.82) is 0 Å². The Morgan fingerprint density at radius 2 is 1.89 bits per heavy atom. The van der Waals surface area contributed by atoms with Crippen molar-refractivity contribution in [2.24, 2.45) is 5.41 Å². The molecule has 0 unspecified atom stereocenters. The first-order valence-electron chi connectivity index (χ1n) is 6.95. The first-order chi connectivity index (χ1) is 8.44. The van der Waals surface area contributed by atoms with Crippen LogP contribution in [0.4, 0.5) is 0 Å². The summed E-state index contributed by atoms with van der Waals surface area (Å²) in [6.45, 7) is 11.6. The van der Waals surface area contributed by atoms with Gasteiger partial charge in [-0.15, -0.1) is 0 Å². The molecule has 0 heterocycles. The highest BCUT2D eigenvalue weighted by atomic mass is 14.8. The Bertz CT molecular complexity index is 381. The summed E-state index contributed by atoms with van der Waals surface area (Å²) in [4.78, 5) is 0. The first-order valence-corrected chi connectivity index (χ1v) is 6.95. The van der Waals surface area contributed by atoms with Crippen LogP contribution >= 0.6 is 0 Å². The molecule has 0 aliphatic carbocycles. The molecule has 2 heteroatoms. The van der Waals surface area contributed by atoms with E-state index in [1.807, 2.05) is 0 Å². The van der Waals surface area contributed by atoms with E-state index in [0.29, 0.717) is 6.85 Å². The summed E-state index contributed by atoms with van der Waals surface area (Å²) in [5, 5.41) is 3.57. The molecule has 1 aromatic rings. The van der Waals surface area contributed by atoms with Crippen LogP contribution in [0, 0.1) is 5.41 Å². The SMILES string of the molecule is CCCC(C)(C)/C=C(\C)NB(C)c1ccccc1. The average molecular weight is 243 g/mol. The quantitative estimate of drug-likeness (QED) is 0.748. The van der Waals surface area contributed by atoms with Crippen LogP contribution in [-0.4, -0.2) is 6.85 Å². The van der Waals surface area contributed by atoms with Gasteiger partial charge in [-0.3, -0.25) is 0 Å². The fourth-order valence-electron chi connectivity index (χ4n) is 2.51. The van der Waals surface area contributed by atoms with Gasteiger partial charge in [0.05, 0.1) is 0 Å². The maximum absolute atomic E-state index is 3.57. The molecule has 1 aromatic carbocycles. The van der Waals surface area contributed by atoms with E-state index in [4.69, 9.17) is 0 Å². The second-order valence-corrected chi connectivity index (χ2v) is 5.84. The number of nitrogens with one attached hydrogen (secondary N) is 1. The fraction of sp³-hybridized carbons (Fsp3) is 0.500. The molecule has 0 aromatic heterocycles. The molecular weight excluding hydrogens is 217 g/mol. The normalized spacial score (nSPS) is 12.4. The van der Waals surface area contributed by atoms with E-state index in [0.717, 1.165) is 0 Å². The van der Waals surface area contributed by atoms with Gasteiger partial charge in [0.15, 0.2) is 0 Å². The van der Waals surface area contributed by atoms with Crippen LogP contribution in [0.25, 0.3) is 0 Å². The fourth-order valence-corrected chi connectivity index (χ4v) is 2.51. The molecule has 1 N–H and O–H groups in total. The van der Waals surface area contributed by atoms with Crippen LogP contribution < -0.4 is 10.7 Å². The van der Waals surface area contributed by atoms with Crippen molar-refractivity contribution in [1.82, 2.24) is 5.23 Å². The minimum Gasteiger partial charge on any atom is -0.428 e. The average Bonchev–Trinajstić information content (AvgIpc) is 2.28. The van der Waals surface area contributed by atoms with Gasteiger partial charge in [0.1, 0.15) is 0 Å². The lowest BCUT2D eigenvalue weighted by Gasteiger charge is -2.22. The van der Waals surface area contributed by atoms with E-state index >= 15 is 0 Å². The molecule has 1 nitrogen and oxygen atoms in total. The summed E-state index contributed by atoms with van der Waals surface area (Å²) < 4.78 is 0. The standard InChI is InChI=1S/C16H26BN/c1-6-12-16(3,4)13-14(2)18-17(5)15-10-8-7-9-11-15/h7-11,13,18H,6,12H2,1-5H3/b14-13+. The molecule has 98 valence electrons. The molecule has 0 bridgehead atoms. The Hall–Kier alpha value is -1.18. The van der Waals surface area contributed by atoms with E-state index in [-0.39, 0.29) is 5.41 Å². The zero-order chi connectivity index (χ0) is 13.6. The van der Waals surface area contributed by atoms with Crippen LogP contribution in [0.3, 0.4) is 0 Å². The highest BCUT2D eigenvalue weighted by Gasteiger charge is 2.15. The highest BCUT2D eigenvalue weighted by molar-refractivity contribution is 6.70. The van der Waals surface area contributed by atoms with Crippen molar-refractivity contribution in [2.45, 2.75) is 47.4 Å². The van der Waals surface area contributed by atoms with Gasteiger partial charge in [0.25, 0.3) is 6.85 Å². The van der Waals surface area contributed by atoms with E-state index in [1.165, 1.54) is 24.0 Å². The summed E-state index contributed by atoms with van der Waals surface area (Å²) in [7, 11) is 0. The third-order valence-corrected chi connectivity index (χ3v) is 3.25. The second-order valence-electron chi connectivity index (χ2n) is 5.84. The molecule has 0 aliphatic heterocycles. The predicted octanol–water partition coefficient (Wildman–Crippen LogP) is 3.83. The van der Waals surface area contributed by atoms with E-state index < -0.39 is 0 Å². The van der Waals surface area contributed by atoms with Crippen LogP contribution in [-0.2, 0) is 0 Å². The van der Waals surface area contributed by atoms with Gasteiger partial charge in [-0.2, -0.15) is 0 Å². The van der Waals surface area contributed by atoms with E-state index in [2.05, 4.69) is 76.2 Å². The van der Waals surface area contributed by atoms with Crippen molar-refractivity contribution in [3.8, 4) is 0 Å². The van der Waals surface area contributed by atoms with E-state index in [9.17, 15) is 0 Å². The van der Waals surface area contributed by atoms with Gasteiger partial charge in [0.2, 0.25) is 0 Å². The largest absolute Gasteiger partial charge is 0.428 e. The lowest BCUT2D eigenvalue weighted by Crippen LogP contribution is -2.41. The number of allylic oxidation sites excluding steroid dienone is 2. The van der Waals surface area contributed by atoms with Gasteiger partial charge in [-0.25, -0.2) is 0 Å². The summed E-state index contributed by atoms with van der Waals surface area (Å²) in [6, 6.07) is 10.6. The van der Waals surface area contributed by atoms with Gasteiger partial charge in [-0.1, -0.05) is 75.9 Å². The smallest absolute Gasteiger partial charge is 0.282 e. The molecule has 0 radical (unpaired) electrons. The Labute approximate surface area is 113 Å². The molecular formula is C16H26BN. The maximum atomic E-state index is 3.57. The Morgan fingerprint density at radius 1 is 1.28 bits per heavy atom. The summed E-state index contributed by atoms with van der Waals surface area (Å²) in [5.41, 5.74) is 2.88. The number of rotatable bonds is 6. The molecule has 0 aliphatic rings. The number of hydrogen-bond donors (Lipinski definition) is 1. The minimum absolute atomic E-state index is 0.280. The second kappa shape index (κ2) is 6.68. The molecule has 1 rings (SSSR count). The highest BCUT2D eigenvalue weighted by Crippen LogP contribution is 2.24. The van der Waals surface area contributed by atoms with Crippen LogP contribution in [0.1, 0.15) is 40.5 Å². The van der Waals surface area contributed by atoms with Gasteiger partial charge >= 0.3 is 0 Å². The topological polar surface area (TPSA) is 12.0 Å². The zero-order valence-electron chi connectivity index (χ0n) is 12.5. The molecule has 0 amide bonds. The van der Waals surface area contributed by atoms with Crippen LogP contribution in [0.5, 0.6) is 0 Å². The summed E-state index contributed by atoms with van der Waals surface area (Å²) in [6.07, 6.45) is 4.81. The first kappa shape index (κ1) is 14.9. The van der Waals surface area contributed by atoms with Gasteiger partial charge < -0.3 is 5.23 Å². The van der Waals surface area contributed by atoms with Crippen molar-refractivity contribution in [2.75, 3.05) is 0 Å². The minimum atomic E-state index is 0.280. The third kappa shape index (κ3) is 4.99. The van der Waals surface area contributed by atoms with Crippen molar-refractivity contribution < 1.29 is 0 Å². The molecule has 0 atom stereocenters. The Balaban J connectivity index is 2.64. The van der Waals surface area contributed by atoms with Crippen molar-refractivity contribution in [3.05, 3.63) is 42.1 Å². The number of hydrogen-bond acceptors (Lipinski definition) is 1. The molecule has 18 heavy (non-hydrogen) atoms. The third-order valence-electron chi connectivity index (χ3n) is 3.25. The molecule has 0 fully saturated rings. The Morgan fingerprint density at radius 3 is 2.44 bits per heavy atom. The Kier molecular flexibility index (Phi) is 5.52. The molecule has 0 spiro atoms. The lowest BCUT2D eigenvalue weighted by molar-refractivity contribution is 0.428. The monoisotopic (exact) mass is 243 g/mol. The molecule has 0 saturated heterocycles. The maximum Gasteiger partial charge on any atom is 0.282 e. The summed E-state index contributed by atoms with van der Waals surface area (Å²) >= 11 is 0. The zero-order valence-corrected chi connectivity index (χ0v) is 12.5. The van der Waals surface area contributed by atoms with Gasteiger partial charge in [-0.05, 0) is 24.5 Å². The molecule has 0 saturated carbocycles. The lowest BCUT2D eigenvalue weighted by atomic mass is 9.58. The number of benzene rings is 1. The van der Waals surface area contributed by atoms with E-state index in [1.54, 1.807) is 0 Å². The van der Waals surface area contributed by atoms with Crippen molar-refractivity contribution in [3.63, 3.8) is 0 Å². The van der Waals surface area contributed by atoms with Crippen LogP contribution in [0.15, 0.2) is 42.1 Å². The predicted molar refractivity (Wildman–Crippen MR) is 83.3 cm³/mol.